The van der Waals surface area contributed by atoms with Crippen LogP contribution in [-0.4, -0.2) is 53.0 Å². The maximum absolute atomic E-state index is 13.5. The first-order chi connectivity index (χ1) is 18.3. The van der Waals surface area contributed by atoms with E-state index in [1.807, 2.05) is 24.3 Å². The molecule has 0 unspecified atom stereocenters. The van der Waals surface area contributed by atoms with Gasteiger partial charge in [0.2, 0.25) is 5.91 Å². The summed E-state index contributed by atoms with van der Waals surface area (Å²) >= 11 is 5.98. The van der Waals surface area contributed by atoms with Crippen molar-refractivity contribution in [2.75, 3.05) is 24.5 Å². The van der Waals surface area contributed by atoms with Gasteiger partial charge in [0.25, 0.3) is 11.8 Å². The van der Waals surface area contributed by atoms with Crippen LogP contribution in [0.5, 0.6) is 0 Å². The molecule has 8 nitrogen and oxygen atoms in total. The van der Waals surface area contributed by atoms with Gasteiger partial charge in [0.1, 0.15) is 12.4 Å². The third-order valence-corrected chi connectivity index (χ3v) is 6.95. The third-order valence-electron chi connectivity index (χ3n) is 6.70. The zero-order valence-electron chi connectivity index (χ0n) is 20.6. The van der Waals surface area contributed by atoms with E-state index < -0.39 is 0 Å². The zero-order valence-corrected chi connectivity index (χ0v) is 21.3. The van der Waals surface area contributed by atoms with Crippen molar-refractivity contribution in [3.8, 4) is 0 Å². The van der Waals surface area contributed by atoms with E-state index in [0.29, 0.717) is 46.1 Å². The lowest BCUT2D eigenvalue weighted by molar-refractivity contribution is -0.119. The molecule has 2 aliphatic heterocycles. The Morgan fingerprint density at radius 3 is 2.03 bits per heavy atom. The van der Waals surface area contributed by atoms with Crippen LogP contribution in [0.2, 0.25) is 5.02 Å². The van der Waals surface area contributed by atoms with Gasteiger partial charge in [-0.05, 0) is 65.7 Å². The molecule has 0 saturated carbocycles. The molecule has 2 heterocycles. The number of carbonyl (C=O) groups excluding carboxylic acids is 3. The van der Waals surface area contributed by atoms with Gasteiger partial charge in [0.05, 0.1) is 6.54 Å². The minimum atomic E-state index is -0.296. The molecule has 0 fully saturated rings. The molecule has 9 heteroatoms. The predicted octanol–water partition coefficient (Wildman–Crippen LogP) is 3.83. The second-order valence-corrected chi connectivity index (χ2v) is 9.72. The molecule has 0 aliphatic carbocycles. The monoisotopic (exact) mass is 527 g/mol. The van der Waals surface area contributed by atoms with Gasteiger partial charge in [-0.25, -0.2) is 0 Å². The highest BCUT2D eigenvalue weighted by Crippen LogP contribution is 2.29. The van der Waals surface area contributed by atoms with Crippen molar-refractivity contribution in [3.05, 3.63) is 112 Å². The summed E-state index contributed by atoms with van der Waals surface area (Å²) in [5, 5.41) is 8.37. The van der Waals surface area contributed by atoms with Gasteiger partial charge in [-0.2, -0.15) is 0 Å². The Morgan fingerprint density at radius 2 is 1.39 bits per heavy atom. The molecule has 2 aliphatic rings. The second kappa shape index (κ2) is 10.5. The van der Waals surface area contributed by atoms with Gasteiger partial charge in [-0.3, -0.25) is 19.8 Å². The molecule has 0 radical (unpaired) electrons. The van der Waals surface area contributed by atoms with Crippen LogP contribution in [0.15, 0.2) is 78.9 Å². The molecular weight excluding hydrogens is 502 g/mol. The molecule has 0 atom stereocenters. The normalized spacial score (nSPS) is 14.9. The number of amides is 3. The van der Waals surface area contributed by atoms with E-state index in [1.165, 1.54) is 4.90 Å². The largest absolute Gasteiger partial charge is 0.384 e. The molecule has 3 N–H and O–H groups in total. The van der Waals surface area contributed by atoms with Crippen LogP contribution in [0, 0.1) is 5.41 Å². The summed E-state index contributed by atoms with van der Waals surface area (Å²) in [4.78, 5) is 44.4. The summed E-state index contributed by atoms with van der Waals surface area (Å²) in [6.45, 7) is 1.52. The molecular formula is C29H26ClN5O3. The summed E-state index contributed by atoms with van der Waals surface area (Å²) in [5.41, 5.74) is 9.45. The standard InChI is InChI=1S/C29H26ClN5O3/c30-24-10-7-21(8-11-24)29(38)34-17-23-15-22(27(31)32)9-12-25(23)35(26(36)18-34)16-19-3-5-20(6-4-19)28(37)33-13-1-2-14-33/h1-12,15H,13-14,16-18H2,(H3,31,32). The number of hydrogen-bond acceptors (Lipinski definition) is 4. The van der Waals surface area contributed by atoms with Crippen LogP contribution < -0.4 is 10.6 Å². The van der Waals surface area contributed by atoms with Crippen LogP contribution in [-0.2, 0) is 17.9 Å². The summed E-state index contributed by atoms with van der Waals surface area (Å²) in [6, 6.07) is 19.0. The summed E-state index contributed by atoms with van der Waals surface area (Å²) in [6.07, 6.45) is 3.93. The van der Waals surface area contributed by atoms with Crippen molar-refractivity contribution in [1.29, 1.82) is 5.41 Å². The zero-order chi connectivity index (χ0) is 26.8. The Morgan fingerprint density at radius 1 is 0.816 bits per heavy atom. The molecule has 192 valence electrons. The highest BCUT2D eigenvalue weighted by atomic mass is 35.5. The van der Waals surface area contributed by atoms with Crippen molar-refractivity contribution >= 4 is 40.8 Å². The Labute approximate surface area is 225 Å². The SMILES string of the molecule is N=C(N)c1ccc2c(c1)CN(C(=O)c1ccc(Cl)cc1)CC(=O)N2Cc1ccc(C(=O)N2CC=CC2)cc1. The number of nitrogen functional groups attached to an aromatic ring is 1. The minimum absolute atomic E-state index is 0.0362. The van der Waals surface area contributed by atoms with Gasteiger partial charge in [0.15, 0.2) is 0 Å². The predicted molar refractivity (Wildman–Crippen MR) is 146 cm³/mol. The van der Waals surface area contributed by atoms with Gasteiger partial charge in [0, 0.05) is 47.0 Å². The number of anilines is 1. The number of fused-ring (bicyclic) bond motifs is 1. The van der Waals surface area contributed by atoms with E-state index in [4.69, 9.17) is 22.7 Å². The van der Waals surface area contributed by atoms with Crippen LogP contribution in [0.4, 0.5) is 5.69 Å². The first-order valence-electron chi connectivity index (χ1n) is 12.2. The fourth-order valence-corrected chi connectivity index (χ4v) is 4.77. The Hall–Kier alpha value is -4.43. The summed E-state index contributed by atoms with van der Waals surface area (Å²) < 4.78 is 0. The number of hydrogen-bond donors (Lipinski definition) is 2. The maximum atomic E-state index is 13.5. The number of carbonyl (C=O) groups is 3. The van der Waals surface area contributed by atoms with E-state index in [-0.39, 0.29) is 43.2 Å². The van der Waals surface area contributed by atoms with Crippen molar-refractivity contribution in [1.82, 2.24) is 9.80 Å². The number of nitrogens with zero attached hydrogens (tertiary/aromatic N) is 3. The van der Waals surface area contributed by atoms with Crippen LogP contribution in [0.1, 0.15) is 37.4 Å². The Bertz CT molecular complexity index is 1440. The lowest BCUT2D eigenvalue weighted by Gasteiger charge is -2.24. The van der Waals surface area contributed by atoms with Gasteiger partial charge in [-0.1, -0.05) is 35.9 Å². The lowest BCUT2D eigenvalue weighted by Crippen LogP contribution is -2.39. The van der Waals surface area contributed by atoms with E-state index in [9.17, 15) is 14.4 Å². The molecule has 0 saturated heterocycles. The maximum Gasteiger partial charge on any atom is 0.254 e. The molecule has 38 heavy (non-hydrogen) atoms. The van der Waals surface area contributed by atoms with E-state index >= 15 is 0 Å². The Kier molecular flexibility index (Phi) is 6.98. The molecule has 3 aromatic carbocycles. The highest BCUT2D eigenvalue weighted by molar-refractivity contribution is 6.30. The molecule has 3 aromatic rings. The fraction of sp³-hybridized carbons (Fsp3) is 0.172. The average Bonchev–Trinajstić information content (AvgIpc) is 3.42. The smallest absolute Gasteiger partial charge is 0.254 e. The molecule has 5 rings (SSSR count). The number of nitrogens with one attached hydrogen (secondary N) is 1. The highest BCUT2D eigenvalue weighted by Gasteiger charge is 2.30. The Balaban J connectivity index is 1.43. The number of nitrogens with two attached hydrogens (primary N) is 1. The van der Waals surface area contributed by atoms with Crippen molar-refractivity contribution < 1.29 is 14.4 Å². The van der Waals surface area contributed by atoms with Crippen molar-refractivity contribution in [2.45, 2.75) is 13.1 Å². The van der Waals surface area contributed by atoms with Crippen LogP contribution in [0.25, 0.3) is 0 Å². The van der Waals surface area contributed by atoms with Crippen LogP contribution in [0.3, 0.4) is 0 Å². The molecule has 0 aromatic heterocycles. The third kappa shape index (κ3) is 5.17. The van der Waals surface area contributed by atoms with Crippen molar-refractivity contribution in [3.63, 3.8) is 0 Å². The number of benzene rings is 3. The van der Waals surface area contributed by atoms with Gasteiger partial charge >= 0.3 is 0 Å². The number of halogens is 1. The lowest BCUT2D eigenvalue weighted by atomic mass is 10.1. The summed E-state index contributed by atoms with van der Waals surface area (Å²) in [7, 11) is 0. The quantitative estimate of drug-likeness (QED) is 0.298. The summed E-state index contributed by atoms with van der Waals surface area (Å²) in [5.74, 6) is -0.676. The van der Waals surface area contributed by atoms with E-state index in [1.54, 1.807) is 64.4 Å². The first-order valence-corrected chi connectivity index (χ1v) is 12.5. The topological polar surface area (TPSA) is 111 Å². The average molecular weight is 528 g/mol. The molecule has 0 bridgehead atoms. The fourth-order valence-electron chi connectivity index (χ4n) is 4.64. The molecule has 3 amide bonds. The van der Waals surface area contributed by atoms with Crippen molar-refractivity contribution in [2.24, 2.45) is 5.73 Å². The minimum Gasteiger partial charge on any atom is -0.384 e. The van der Waals surface area contributed by atoms with Gasteiger partial charge < -0.3 is 20.4 Å². The van der Waals surface area contributed by atoms with Gasteiger partial charge in [-0.15, -0.1) is 0 Å². The first kappa shape index (κ1) is 25.2. The van der Waals surface area contributed by atoms with Crippen LogP contribution >= 0.6 is 11.6 Å². The van der Waals surface area contributed by atoms with E-state index in [2.05, 4.69) is 0 Å². The van der Waals surface area contributed by atoms with E-state index in [0.717, 1.165) is 5.56 Å². The number of rotatable bonds is 5. The number of amidine groups is 1. The second-order valence-electron chi connectivity index (χ2n) is 9.28. The molecule has 0 spiro atoms.